The quantitative estimate of drug-likeness (QED) is 0.720. The summed E-state index contributed by atoms with van der Waals surface area (Å²) in [7, 11) is 1.58. The fourth-order valence-corrected chi connectivity index (χ4v) is 2.33. The van der Waals surface area contributed by atoms with E-state index in [0.29, 0.717) is 33.5 Å². The first-order valence-electron chi connectivity index (χ1n) is 7.44. The molecule has 126 valence electrons. The molecule has 2 aromatic heterocycles. The highest BCUT2D eigenvalue weighted by molar-refractivity contribution is 6.31. The zero-order valence-corrected chi connectivity index (χ0v) is 14.1. The number of hydrogen-bond acceptors (Lipinski definition) is 5. The molecule has 6 nitrogen and oxygen atoms in total. The third kappa shape index (κ3) is 4.24. The SMILES string of the molecule is COc1ccc(Cl)cc1Nc1ccc(NC(=O)c2cccnc2)cn1. The van der Waals surface area contributed by atoms with E-state index >= 15 is 0 Å². The minimum atomic E-state index is -0.243. The number of hydrogen-bond donors (Lipinski definition) is 2. The molecule has 0 aliphatic heterocycles. The van der Waals surface area contributed by atoms with Crippen molar-refractivity contribution in [2.24, 2.45) is 0 Å². The van der Waals surface area contributed by atoms with Crippen molar-refractivity contribution < 1.29 is 9.53 Å². The van der Waals surface area contributed by atoms with Crippen LogP contribution in [0.5, 0.6) is 5.75 Å². The molecule has 7 heteroatoms. The number of carbonyl (C=O) groups excluding carboxylic acids is 1. The largest absolute Gasteiger partial charge is 0.495 e. The standard InChI is InChI=1S/C18H15ClN4O2/c1-25-16-6-4-13(19)9-15(16)23-17-7-5-14(11-21-17)22-18(24)12-3-2-8-20-10-12/h2-11H,1H3,(H,21,23)(H,22,24). The van der Waals surface area contributed by atoms with Crippen molar-refractivity contribution in [1.29, 1.82) is 0 Å². The Morgan fingerprint density at radius 2 is 2.04 bits per heavy atom. The molecule has 2 heterocycles. The highest BCUT2D eigenvalue weighted by atomic mass is 35.5. The summed E-state index contributed by atoms with van der Waals surface area (Å²) in [5.41, 5.74) is 1.76. The zero-order chi connectivity index (χ0) is 17.6. The van der Waals surface area contributed by atoms with E-state index < -0.39 is 0 Å². The number of aromatic nitrogens is 2. The second kappa shape index (κ2) is 7.63. The number of anilines is 3. The molecule has 0 unspecified atom stereocenters. The Kier molecular flexibility index (Phi) is 5.11. The van der Waals surface area contributed by atoms with Gasteiger partial charge in [0.1, 0.15) is 11.6 Å². The first-order chi connectivity index (χ1) is 12.2. The van der Waals surface area contributed by atoms with Gasteiger partial charge in [0.05, 0.1) is 30.2 Å². The van der Waals surface area contributed by atoms with Gasteiger partial charge < -0.3 is 15.4 Å². The maximum Gasteiger partial charge on any atom is 0.257 e. The summed E-state index contributed by atoms with van der Waals surface area (Å²) in [6, 6.07) is 12.2. The molecule has 0 saturated carbocycles. The molecule has 0 radical (unpaired) electrons. The van der Waals surface area contributed by atoms with Crippen LogP contribution in [0.4, 0.5) is 17.2 Å². The fourth-order valence-electron chi connectivity index (χ4n) is 2.16. The van der Waals surface area contributed by atoms with Gasteiger partial charge in [-0.15, -0.1) is 0 Å². The number of benzene rings is 1. The van der Waals surface area contributed by atoms with E-state index in [9.17, 15) is 4.79 Å². The molecule has 0 spiro atoms. The van der Waals surface area contributed by atoms with Crippen LogP contribution in [-0.2, 0) is 0 Å². The van der Waals surface area contributed by atoms with Gasteiger partial charge in [-0.3, -0.25) is 9.78 Å². The number of carbonyl (C=O) groups is 1. The topological polar surface area (TPSA) is 76.1 Å². The molecular weight excluding hydrogens is 340 g/mol. The minimum Gasteiger partial charge on any atom is -0.495 e. The van der Waals surface area contributed by atoms with E-state index in [-0.39, 0.29) is 5.91 Å². The lowest BCUT2D eigenvalue weighted by atomic mass is 10.2. The number of nitrogens with one attached hydrogen (secondary N) is 2. The van der Waals surface area contributed by atoms with Crippen molar-refractivity contribution in [3.05, 3.63) is 71.6 Å². The Labute approximate surface area is 149 Å². The Bertz CT molecular complexity index is 870. The van der Waals surface area contributed by atoms with Gasteiger partial charge in [0.15, 0.2) is 0 Å². The van der Waals surface area contributed by atoms with Crippen molar-refractivity contribution in [2.45, 2.75) is 0 Å². The van der Waals surface area contributed by atoms with Gasteiger partial charge in [0.2, 0.25) is 0 Å². The smallest absolute Gasteiger partial charge is 0.257 e. The fraction of sp³-hybridized carbons (Fsp3) is 0.0556. The molecule has 0 saturated heterocycles. The van der Waals surface area contributed by atoms with Crippen molar-refractivity contribution in [1.82, 2.24) is 9.97 Å². The van der Waals surface area contributed by atoms with Gasteiger partial charge >= 0.3 is 0 Å². The van der Waals surface area contributed by atoms with Gasteiger partial charge in [-0.25, -0.2) is 4.98 Å². The van der Waals surface area contributed by atoms with E-state index in [1.54, 1.807) is 62.0 Å². The second-order valence-corrected chi connectivity index (χ2v) is 5.53. The summed E-state index contributed by atoms with van der Waals surface area (Å²) in [6.07, 6.45) is 4.68. The first kappa shape index (κ1) is 16.7. The number of methoxy groups -OCH3 is 1. The van der Waals surface area contributed by atoms with Crippen LogP contribution in [0.1, 0.15) is 10.4 Å². The molecule has 0 aliphatic carbocycles. The van der Waals surface area contributed by atoms with Gasteiger partial charge in [0.25, 0.3) is 5.91 Å². The van der Waals surface area contributed by atoms with Crippen LogP contribution < -0.4 is 15.4 Å². The Morgan fingerprint density at radius 1 is 1.16 bits per heavy atom. The summed E-state index contributed by atoms with van der Waals surface area (Å²) >= 11 is 6.01. The predicted octanol–water partition coefficient (Wildman–Crippen LogP) is 4.13. The summed E-state index contributed by atoms with van der Waals surface area (Å²) < 4.78 is 5.29. The lowest BCUT2D eigenvalue weighted by Crippen LogP contribution is -2.12. The van der Waals surface area contributed by atoms with E-state index in [4.69, 9.17) is 16.3 Å². The second-order valence-electron chi connectivity index (χ2n) is 5.10. The molecule has 0 bridgehead atoms. The molecule has 1 amide bonds. The summed E-state index contributed by atoms with van der Waals surface area (Å²) in [6.45, 7) is 0. The lowest BCUT2D eigenvalue weighted by Gasteiger charge is -2.11. The average Bonchev–Trinajstić information content (AvgIpc) is 2.64. The van der Waals surface area contributed by atoms with Crippen molar-refractivity contribution in [2.75, 3.05) is 17.7 Å². The molecule has 2 N–H and O–H groups in total. The number of halogens is 1. The monoisotopic (exact) mass is 354 g/mol. The number of rotatable bonds is 5. The van der Waals surface area contributed by atoms with E-state index in [1.165, 1.54) is 6.20 Å². The first-order valence-corrected chi connectivity index (χ1v) is 7.81. The minimum absolute atomic E-state index is 0.243. The van der Waals surface area contributed by atoms with E-state index in [0.717, 1.165) is 0 Å². The Morgan fingerprint density at radius 3 is 2.72 bits per heavy atom. The number of nitrogens with zero attached hydrogens (tertiary/aromatic N) is 2. The van der Waals surface area contributed by atoms with Crippen LogP contribution in [0.2, 0.25) is 5.02 Å². The molecule has 1 aromatic carbocycles. The zero-order valence-electron chi connectivity index (χ0n) is 13.4. The van der Waals surface area contributed by atoms with Crippen LogP contribution in [-0.4, -0.2) is 23.0 Å². The third-order valence-corrected chi connectivity index (χ3v) is 3.60. The lowest BCUT2D eigenvalue weighted by molar-refractivity contribution is 0.102. The van der Waals surface area contributed by atoms with Gasteiger partial charge in [0, 0.05) is 17.4 Å². The maximum absolute atomic E-state index is 12.1. The average molecular weight is 355 g/mol. The van der Waals surface area contributed by atoms with Gasteiger partial charge in [-0.1, -0.05) is 11.6 Å². The number of amides is 1. The van der Waals surface area contributed by atoms with Crippen LogP contribution in [0.3, 0.4) is 0 Å². The summed E-state index contributed by atoms with van der Waals surface area (Å²) in [5.74, 6) is 1.01. The number of pyridine rings is 2. The highest BCUT2D eigenvalue weighted by Crippen LogP contribution is 2.30. The van der Waals surface area contributed by atoms with Crippen molar-refractivity contribution >= 4 is 34.7 Å². The summed E-state index contributed by atoms with van der Waals surface area (Å²) in [4.78, 5) is 20.3. The van der Waals surface area contributed by atoms with Crippen LogP contribution in [0.25, 0.3) is 0 Å². The normalized spacial score (nSPS) is 10.2. The molecule has 3 rings (SSSR count). The number of ether oxygens (including phenoxy) is 1. The molecule has 0 fully saturated rings. The van der Waals surface area contributed by atoms with E-state index in [2.05, 4.69) is 20.6 Å². The van der Waals surface area contributed by atoms with Crippen molar-refractivity contribution in [3.8, 4) is 5.75 Å². The van der Waals surface area contributed by atoms with Gasteiger partial charge in [-0.2, -0.15) is 0 Å². The van der Waals surface area contributed by atoms with Crippen LogP contribution in [0, 0.1) is 0 Å². The molecule has 0 atom stereocenters. The molecular formula is C18H15ClN4O2. The predicted molar refractivity (Wildman–Crippen MR) is 97.7 cm³/mol. The maximum atomic E-state index is 12.1. The Hall–Kier alpha value is -3.12. The molecule has 0 aliphatic rings. The highest BCUT2D eigenvalue weighted by Gasteiger charge is 2.08. The Balaban J connectivity index is 1.70. The van der Waals surface area contributed by atoms with Gasteiger partial charge in [-0.05, 0) is 42.5 Å². The molecule has 25 heavy (non-hydrogen) atoms. The third-order valence-electron chi connectivity index (χ3n) is 3.37. The summed E-state index contributed by atoms with van der Waals surface area (Å²) in [5, 5.41) is 6.49. The van der Waals surface area contributed by atoms with Crippen LogP contribution in [0.15, 0.2) is 61.1 Å². The molecule has 3 aromatic rings. The van der Waals surface area contributed by atoms with Crippen molar-refractivity contribution in [3.63, 3.8) is 0 Å². The van der Waals surface area contributed by atoms with E-state index in [1.807, 2.05) is 0 Å². The van der Waals surface area contributed by atoms with Crippen LogP contribution >= 0.6 is 11.6 Å².